The van der Waals surface area contributed by atoms with E-state index in [9.17, 15) is 4.79 Å². The maximum atomic E-state index is 10.8. The second-order valence-corrected chi connectivity index (χ2v) is 4.84. The van der Waals surface area contributed by atoms with Crippen LogP contribution in [-0.4, -0.2) is 4.98 Å². The Morgan fingerprint density at radius 2 is 2.21 bits per heavy atom. The summed E-state index contributed by atoms with van der Waals surface area (Å²) in [5.41, 5.74) is 0. The molecule has 1 heterocycles. The van der Waals surface area contributed by atoms with Gasteiger partial charge in [-0.05, 0) is 38.9 Å². The van der Waals surface area contributed by atoms with Gasteiger partial charge in [0, 0.05) is 5.02 Å². The van der Waals surface area contributed by atoms with E-state index in [-0.39, 0.29) is 4.87 Å². The number of rotatable bonds is 2. The molecule has 0 bridgehead atoms. The Balaban J connectivity index is 2.22. The molecule has 2 aromatic rings. The average Bonchev–Trinajstić information content (AvgIpc) is 2.51. The maximum Gasteiger partial charge on any atom is 0.340 e. The molecular formula is C8H4ClNO2S2. The Morgan fingerprint density at radius 3 is 2.86 bits per heavy atom. The first-order valence-corrected chi connectivity index (χ1v) is 6.17. The van der Waals surface area contributed by atoms with Gasteiger partial charge in [-0.15, -0.1) is 0 Å². The van der Waals surface area contributed by atoms with Crippen LogP contribution in [-0.2, 0) is 0 Å². The molecule has 0 fully saturated rings. The van der Waals surface area contributed by atoms with Crippen LogP contribution in [0.4, 0.5) is 0 Å². The van der Waals surface area contributed by atoms with Crippen molar-refractivity contribution in [1.82, 2.24) is 4.98 Å². The van der Waals surface area contributed by atoms with E-state index in [1.807, 2.05) is 0 Å². The molecule has 0 N–H and O–H groups in total. The van der Waals surface area contributed by atoms with Gasteiger partial charge in [-0.2, -0.15) is 4.98 Å². The van der Waals surface area contributed by atoms with Gasteiger partial charge in [-0.3, -0.25) is 4.79 Å². The standard InChI is InChI=1S/C8H4ClNO2S2/c9-5-2-1-3-6(4-5)12-8-10-7(11)13-14-8/h1-4H. The molecule has 2 rings (SSSR count). The number of halogens is 1. The fourth-order valence-corrected chi connectivity index (χ4v) is 2.36. The fraction of sp³-hybridized carbons (Fsp3) is 0. The second-order valence-electron chi connectivity index (χ2n) is 2.37. The summed E-state index contributed by atoms with van der Waals surface area (Å²) in [4.78, 5) is 14.2. The summed E-state index contributed by atoms with van der Waals surface area (Å²) in [6, 6.07) is 6.94. The number of benzene rings is 1. The molecule has 0 amide bonds. The molecule has 0 unspecified atom stereocenters. The van der Waals surface area contributed by atoms with Crippen LogP contribution in [0.2, 0.25) is 5.02 Å². The van der Waals surface area contributed by atoms with Crippen molar-refractivity contribution in [1.29, 1.82) is 0 Å². The van der Waals surface area contributed by atoms with Gasteiger partial charge in [-0.25, -0.2) is 0 Å². The van der Waals surface area contributed by atoms with Crippen molar-refractivity contribution in [3.8, 4) is 10.9 Å². The van der Waals surface area contributed by atoms with Crippen LogP contribution in [0.5, 0.6) is 10.9 Å². The molecular weight excluding hydrogens is 242 g/mol. The highest BCUT2D eigenvalue weighted by molar-refractivity contribution is 7.69. The first-order valence-electron chi connectivity index (χ1n) is 3.64. The van der Waals surface area contributed by atoms with Crippen molar-refractivity contribution >= 4 is 32.3 Å². The Bertz CT molecular complexity index is 494. The Labute approximate surface area is 92.0 Å². The molecule has 1 aromatic heterocycles. The zero-order valence-corrected chi connectivity index (χ0v) is 9.16. The molecule has 0 radical (unpaired) electrons. The van der Waals surface area contributed by atoms with Crippen molar-refractivity contribution in [2.45, 2.75) is 0 Å². The van der Waals surface area contributed by atoms with Gasteiger partial charge >= 0.3 is 4.87 Å². The molecule has 0 spiro atoms. The predicted molar refractivity (Wildman–Crippen MR) is 57.8 cm³/mol. The molecule has 0 aliphatic carbocycles. The number of hydrogen-bond acceptors (Lipinski definition) is 5. The highest BCUT2D eigenvalue weighted by Gasteiger charge is 2.02. The summed E-state index contributed by atoms with van der Waals surface area (Å²) < 4.78 is 5.31. The van der Waals surface area contributed by atoms with Crippen LogP contribution in [0.1, 0.15) is 0 Å². The zero-order valence-electron chi connectivity index (χ0n) is 6.77. The third-order valence-corrected chi connectivity index (χ3v) is 3.34. The summed E-state index contributed by atoms with van der Waals surface area (Å²) in [5, 5.41) is 0.937. The predicted octanol–water partition coefficient (Wildman–Crippen LogP) is 3.01. The Kier molecular flexibility index (Phi) is 2.81. The summed E-state index contributed by atoms with van der Waals surface area (Å²) in [6.45, 7) is 0. The minimum absolute atomic E-state index is 0.243. The molecule has 0 saturated heterocycles. The lowest BCUT2D eigenvalue weighted by Crippen LogP contribution is -1.93. The third-order valence-electron chi connectivity index (χ3n) is 1.37. The fourth-order valence-electron chi connectivity index (χ4n) is 0.854. The van der Waals surface area contributed by atoms with Crippen LogP contribution in [0.15, 0.2) is 29.1 Å². The van der Waals surface area contributed by atoms with Crippen molar-refractivity contribution in [2.75, 3.05) is 0 Å². The largest absolute Gasteiger partial charge is 0.430 e. The number of hydrogen-bond donors (Lipinski definition) is 0. The van der Waals surface area contributed by atoms with Gasteiger partial charge in [0.2, 0.25) is 0 Å². The monoisotopic (exact) mass is 245 g/mol. The van der Waals surface area contributed by atoms with Gasteiger partial charge < -0.3 is 4.74 Å². The van der Waals surface area contributed by atoms with Gasteiger partial charge in [-0.1, -0.05) is 17.7 Å². The maximum absolute atomic E-state index is 10.8. The van der Waals surface area contributed by atoms with Crippen LogP contribution >= 0.6 is 32.3 Å². The number of ether oxygens (including phenoxy) is 1. The van der Waals surface area contributed by atoms with Crippen molar-refractivity contribution in [2.24, 2.45) is 0 Å². The summed E-state index contributed by atoms with van der Waals surface area (Å²) in [5.74, 6) is 0.582. The van der Waals surface area contributed by atoms with E-state index in [2.05, 4.69) is 4.98 Å². The van der Waals surface area contributed by atoms with E-state index < -0.39 is 0 Å². The van der Waals surface area contributed by atoms with Crippen LogP contribution < -0.4 is 9.61 Å². The molecule has 0 aliphatic rings. The highest BCUT2D eigenvalue weighted by atomic mass is 35.5. The molecule has 0 saturated carbocycles. The first-order chi connectivity index (χ1) is 6.74. The van der Waals surface area contributed by atoms with Crippen molar-refractivity contribution in [3.05, 3.63) is 39.0 Å². The van der Waals surface area contributed by atoms with Crippen molar-refractivity contribution in [3.63, 3.8) is 0 Å². The summed E-state index contributed by atoms with van der Waals surface area (Å²) >= 11 is 5.76. The molecule has 3 nitrogen and oxygen atoms in total. The second kappa shape index (κ2) is 4.08. The van der Waals surface area contributed by atoms with Gasteiger partial charge in [0.05, 0.1) is 0 Å². The van der Waals surface area contributed by atoms with E-state index in [1.165, 1.54) is 10.3 Å². The van der Waals surface area contributed by atoms with E-state index in [0.29, 0.717) is 16.0 Å². The topological polar surface area (TPSA) is 39.2 Å². The SMILES string of the molecule is O=c1nc(Oc2cccc(Cl)c2)ss1. The van der Waals surface area contributed by atoms with Gasteiger partial charge in [0.15, 0.2) is 0 Å². The van der Waals surface area contributed by atoms with Crippen LogP contribution in [0, 0.1) is 0 Å². The van der Waals surface area contributed by atoms with Gasteiger partial charge in [0.1, 0.15) is 5.75 Å². The Morgan fingerprint density at radius 1 is 1.36 bits per heavy atom. The minimum atomic E-state index is -0.243. The lowest BCUT2D eigenvalue weighted by Gasteiger charge is -1.99. The quantitative estimate of drug-likeness (QED) is 0.764. The summed E-state index contributed by atoms with van der Waals surface area (Å²) in [7, 11) is 2.25. The molecule has 14 heavy (non-hydrogen) atoms. The van der Waals surface area contributed by atoms with E-state index in [1.54, 1.807) is 24.3 Å². The number of aromatic nitrogens is 1. The Hall–Kier alpha value is -0.910. The highest BCUT2D eigenvalue weighted by Crippen LogP contribution is 2.25. The smallest absolute Gasteiger partial charge is 0.340 e. The van der Waals surface area contributed by atoms with Crippen LogP contribution in [0.3, 0.4) is 0 Å². The van der Waals surface area contributed by atoms with E-state index in [4.69, 9.17) is 16.3 Å². The van der Waals surface area contributed by atoms with Crippen LogP contribution in [0.25, 0.3) is 0 Å². The zero-order chi connectivity index (χ0) is 9.97. The average molecular weight is 246 g/mol. The molecule has 0 aliphatic heterocycles. The normalized spacial score (nSPS) is 10.1. The summed E-state index contributed by atoms with van der Waals surface area (Å²) in [6.07, 6.45) is 0. The van der Waals surface area contributed by atoms with E-state index >= 15 is 0 Å². The van der Waals surface area contributed by atoms with Gasteiger partial charge in [0.25, 0.3) is 5.19 Å². The van der Waals surface area contributed by atoms with E-state index in [0.717, 1.165) is 10.3 Å². The molecule has 6 heteroatoms. The first kappa shape index (κ1) is 9.64. The lowest BCUT2D eigenvalue weighted by atomic mass is 10.3. The van der Waals surface area contributed by atoms with Crippen molar-refractivity contribution < 1.29 is 4.74 Å². The third kappa shape index (κ3) is 2.31. The number of nitrogens with zero attached hydrogens (tertiary/aromatic N) is 1. The minimum Gasteiger partial charge on any atom is -0.430 e. The molecule has 72 valence electrons. The molecule has 1 aromatic carbocycles. The molecule has 0 atom stereocenters. The lowest BCUT2D eigenvalue weighted by molar-refractivity contribution is 0.478.